The Morgan fingerprint density at radius 2 is 2.25 bits per heavy atom. The van der Waals surface area contributed by atoms with Gasteiger partial charge in [-0.25, -0.2) is 0 Å². The highest BCUT2D eigenvalue weighted by Crippen LogP contribution is 2.29. The van der Waals surface area contributed by atoms with Crippen LogP contribution in [0.15, 0.2) is 23.1 Å². The van der Waals surface area contributed by atoms with Gasteiger partial charge in [-0.2, -0.15) is 0 Å². The van der Waals surface area contributed by atoms with Crippen molar-refractivity contribution in [3.63, 3.8) is 0 Å². The molecule has 0 amide bonds. The highest BCUT2D eigenvalue weighted by Gasteiger charge is 2.12. The van der Waals surface area contributed by atoms with Crippen molar-refractivity contribution in [1.29, 1.82) is 0 Å². The van der Waals surface area contributed by atoms with Crippen LogP contribution in [0.5, 0.6) is 0 Å². The summed E-state index contributed by atoms with van der Waals surface area (Å²) in [5, 5.41) is 19.8. The molecule has 88 valence electrons. The Labute approximate surface area is 98.8 Å². The topological polar surface area (TPSA) is 63.4 Å². The number of benzene rings is 1. The van der Waals surface area contributed by atoms with Crippen molar-refractivity contribution < 1.29 is 10.0 Å². The molecule has 1 aromatic rings. The van der Waals surface area contributed by atoms with E-state index >= 15 is 0 Å². The first-order valence-electron chi connectivity index (χ1n) is 5.07. The van der Waals surface area contributed by atoms with Gasteiger partial charge in [-0.1, -0.05) is 13.0 Å². The number of nitro benzene ring substituents is 1. The van der Waals surface area contributed by atoms with Gasteiger partial charge in [0.05, 0.1) is 4.92 Å². The maximum atomic E-state index is 10.7. The first kappa shape index (κ1) is 13.0. The van der Waals surface area contributed by atoms with E-state index in [1.807, 2.05) is 13.0 Å². The van der Waals surface area contributed by atoms with E-state index in [9.17, 15) is 10.1 Å². The Morgan fingerprint density at radius 1 is 1.56 bits per heavy atom. The van der Waals surface area contributed by atoms with E-state index in [-0.39, 0.29) is 22.5 Å². The second-order valence-corrected chi connectivity index (χ2v) is 5.16. The molecule has 5 heteroatoms. The second kappa shape index (κ2) is 5.86. The Morgan fingerprint density at radius 3 is 2.81 bits per heavy atom. The molecule has 1 rings (SSSR count). The lowest BCUT2D eigenvalue weighted by atomic mass is 10.2. The van der Waals surface area contributed by atoms with E-state index in [1.165, 1.54) is 0 Å². The van der Waals surface area contributed by atoms with Crippen molar-refractivity contribution in [3.8, 4) is 0 Å². The number of nitro groups is 1. The largest absolute Gasteiger partial charge is 0.396 e. The number of thioether (sulfide) groups is 1. The summed E-state index contributed by atoms with van der Waals surface area (Å²) in [6, 6.07) is 5.22. The molecule has 0 saturated heterocycles. The van der Waals surface area contributed by atoms with Crippen LogP contribution in [0.25, 0.3) is 0 Å². The second-order valence-electron chi connectivity index (χ2n) is 3.65. The summed E-state index contributed by atoms with van der Waals surface area (Å²) in [6.45, 7) is 3.86. The zero-order valence-corrected chi connectivity index (χ0v) is 10.2. The van der Waals surface area contributed by atoms with Crippen LogP contribution in [-0.2, 0) is 0 Å². The summed E-state index contributed by atoms with van der Waals surface area (Å²) in [4.78, 5) is 11.3. The third-order valence-electron chi connectivity index (χ3n) is 2.25. The summed E-state index contributed by atoms with van der Waals surface area (Å²) < 4.78 is 0. The Bertz CT molecular complexity index is 381. The molecule has 0 aromatic heterocycles. The van der Waals surface area contributed by atoms with E-state index in [1.54, 1.807) is 30.8 Å². The molecule has 0 saturated carbocycles. The molecule has 0 fully saturated rings. The minimum atomic E-state index is -0.365. The average molecular weight is 241 g/mol. The van der Waals surface area contributed by atoms with Crippen LogP contribution >= 0.6 is 11.8 Å². The number of aliphatic hydroxyl groups excluding tert-OH is 1. The van der Waals surface area contributed by atoms with E-state index in [4.69, 9.17) is 5.11 Å². The molecule has 0 aliphatic carbocycles. The lowest BCUT2D eigenvalue weighted by Crippen LogP contribution is -1.99. The fourth-order valence-electron chi connectivity index (χ4n) is 1.33. The zero-order chi connectivity index (χ0) is 12.1. The number of nitrogens with zero attached hydrogens (tertiary/aromatic N) is 1. The van der Waals surface area contributed by atoms with E-state index in [2.05, 4.69) is 0 Å². The standard InChI is InChI=1S/C11H15NO3S/c1-8-3-4-10(7-11(8)12(14)15)16-9(2)5-6-13/h3-4,7,9,13H,5-6H2,1-2H3. The summed E-state index contributed by atoms with van der Waals surface area (Å²) >= 11 is 1.54. The van der Waals surface area contributed by atoms with Gasteiger partial charge in [-0.15, -0.1) is 11.8 Å². The third-order valence-corrected chi connectivity index (χ3v) is 3.41. The Balaban J connectivity index is 2.82. The SMILES string of the molecule is Cc1ccc(SC(C)CCO)cc1[N+](=O)[O-]. The average Bonchev–Trinajstić information content (AvgIpc) is 2.21. The van der Waals surface area contributed by atoms with Crippen LogP contribution in [-0.4, -0.2) is 21.9 Å². The molecule has 0 aliphatic rings. The molecular formula is C11H15NO3S. The summed E-state index contributed by atoms with van der Waals surface area (Å²) in [7, 11) is 0. The fourth-order valence-corrected chi connectivity index (χ4v) is 2.35. The number of hydrogen-bond acceptors (Lipinski definition) is 4. The molecule has 0 radical (unpaired) electrons. The summed E-state index contributed by atoms with van der Waals surface area (Å²) in [5.41, 5.74) is 0.824. The molecule has 4 nitrogen and oxygen atoms in total. The molecule has 1 aromatic carbocycles. The molecule has 16 heavy (non-hydrogen) atoms. The Kier molecular flexibility index (Phi) is 4.76. The van der Waals surface area contributed by atoms with Crippen molar-refractivity contribution in [3.05, 3.63) is 33.9 Å². The van der Waals surface area contributed by atoms with Gasteiger partial charge in [0.25, 0.3) is 5.69 Å². The van der Waals surface area contributed by atoms with E-state index in [0.717, 1.165) is 4.90 Å². The molecule has 0 aliphatic heterocycles. The molecule has 1 unspecified atom stereocenters. The predicted octanol–water partition coefficient (Wildman–Crippen LogP) is 2.77. The van der Waals surface area contributed by atoms with Crippen molar-refractivity contribution in [2.45, 2.75) is 30.4 Å². The van der Waals surface area contributed by atoms with Crippen LogP contribution < -0.4 is 0 Å². The number of rotatable bonds is 5. The van der Waals surface area contributed by atoms with Gasteiger partial charge in [0.2, 0.25) is 0 Å². The summed E-state index contributed by atoms with van der Waals surface area (Å²) in [5.74, 6) is 0. The van der Waals surface area contributed by atoms with Gasteiger partial charge in [-0.05, 0) is 19.4 Å². The maximum Gasteiger partial charge on any atom is 0.273 e. The molecular weight excluding hydrogens is 226 g/mol. The van der Waals surface area contributed by atoms with Crippen molar-refractivity contribution in [2.75, 3.05) is 6.61 Å². The number of aliphatic hydroxyl groups is 1. The van der Waals surface area contributed by atoms with Crippen molar-refractivity contribution >= 4 is 17.4 Å². The highest BCUT2D eigenvalue weighted by molar-refractivity contribution is 7.99. The molecule has 0 spiro atoms. The van der Waals surface area contributed by atoms with Crippen molar-refractivity contribution in [2.24, 2.45) is 0 Å². The van der Waals surface area contributed by atoms with Gasteiger partial charge in [0.15, 0.2) is 0 Å². The van der Waals surface area contributed by atoms with Gasteiger partial charge in [-0.3, -0.25) is 10.1 Å². The lowest BCUT2D eigenvalue weighted by Gasteiger charge is -2.09. The molecule has 1 atom stereocenters. The van der Waals surface area contributed by atoms with Crippen LogP contribution in [0.3, 0.4) is 0 Å². The first-order chi connectivity index (χ1) is 7.54. The van der Waals surface area contributed by atoms with Crippen LogP contribution in [0.1, 0.15) is 18.9 Å². The quantitative estimate of drug-likeness (QED) is 0.489. The maximum absolute atomic E-state index is 10.7. The van der Waals surface area contributed by atoms with Gasteiger partial charge in [0.1, 0.15) is 0 Å². The monoisotopic (exact) mass is 241 g/mol. The highest BCUT2D eigenvalue weighted by atomic mass is 32.2. The van der Waals surface area contributed by atoms with Crippen molar-refractivity contribution in [1.82, 2.24) is 0 Å². The third kappa shape index (κ3) is 3.50. The zero-order valence-electron chi connectivity index (χ0n) is 9.34. The van der Waals surface area contributed by atoms with Gasteiger partial charge in [0, 0.05) is 28.4 Å². The van der Waals surface area contributed by atoms with Crippen LogP contribution in [0.4, 0.5) is 5.69 Å². The first-order valence-corrected chi connectivity index (χ1v) is 5.95. The predicted molar refractivity (Wildman–Crippen MR) is 64.9 cm³/mol. The van der Waals surface area contributed by atoms with E-state index < -0.39 is 0 Å². The van der Waals surface area contributed by atoms with Gasteiger partial charge < -0.3 is 5.11 Å². The number of hydrogen-bond donors (Lipinski definition) is 1. The normalized spacial score (nSPS) is 12.4. The lowest BCUT2D eigenvalue weighted by molar-refractivity contribution is -0.385. The number of aryl methyl sites for hydroxylation is 1. The van der Waals surface area contributed by atoms with Crippen LogP contribution in [0, 0.1) is 17.0 Å². The fraction of sp³-hybridized carbons (Fsp3) is 0.455. The molecule has 0 heterocycles. The van der Waals surface area contributed by atoms with E-state index in [0.29, 0.717) is 12.0 Å². The Hall–Kier alpha value is -1.07. The van der Waals surface area contributed by atoms with Crippen LogP contribution in [0.2, 0.25) is 0 Å². The molecule has 1 N–H and O–H groups in total. The molecule has 0 bridgehead atoms. The smallest absolute Gasteiger partial charge is 0.273 e. The minimum absolute atomic E-state index is 0.141. The summed E-state index contributed by atoms with van der Waals surface area (Å²) in [6.07, 6.45) is 0.687. The van der Waals surface area contributed by atoms with Gasteiger partial charge >= 0.3 is 0 Å². The minimum Gasteiger partial charge on any atom is -0.396 e.